The number of unbranched alkanes of at least 4 members (excludes halogenated alkanes) is 1. The summed E-state index contributed by atoms with van der Waals surface area (Å²) in [5.74, 6) is 5.34. The maximum absolute atomic E-state index is 11.9. The van der Waals surface area contributed by atoms with Crippen molar-refractivity contribution in [3.8, 4) is 5.75 Å². The van der Waals surface area contributed by atoms with Gasteiger partial charge in [-0.15, -0.1) is 0 Å². The van der Waals surface area contributed by atoms with Gasteiger partial charge in [0.05, 0.1) is 5.69 Å². The van der Waals surface area contributed by atoms with E-state index < -0.39 is 0 Å². The standard InChI is InChI=1S/C13H16ClN3O3/c14-9-4-5-11-10(7-9)17(13(19)8-20-11)6-2-1-3-12(18)16-15/h4-5,7H,1-3,6,8,15H2,(H,16,18). The number of fused-ring (bicyclic) bond motifs is 1. The molecule has 20 heavy (non-hydrogen) atoms. The van der Waals surface area contributed by atoms with Gasteiger partial charge in [-0.2, -0.15) is 0 Å². The molecule has 1 aliphatic heterocycles. The minimum Gasteiger partial charge on any atom is -0.482 e. The summed E-state index contributed by atoms with van der Waals surface area (Å²) < 4.78 is 5.35. The monoisotopic (exact) mass is 297 g/mol. The Morgan fingerprint density at radius 1 is 1.45 bits per heavy atom. The molecule has 0 aliphatic carbocycles. The number of benzene rings is 1. The van der Waals surface area contributed by atoms with Crippen molar-refractivity contribution in [1.29, 1.82) is 0 Å². The number of hydrazine groups is 1. The van der Waals surface area contributed by atoms with E-state index in [1.165, 1.54) is 0 Å². The van der Waals surface area contributed by atoms with Gasteiger partial charge in [0.2, 0.25) is 5.91 Å². The van der Waals surface area contributed by atoms with Gasteiger partial charge in [-0.05, 0) is 31.0 Å². The van der Waals surface area contributed by atoms with Crippen molar-refractivity contribution in [2.24, 2.45) is 5.84 Å². The fourth-order valence-corrected chi connectivity index (χ4v) is 2.21. The van der Waals surface area contributed by atoms with Gasteiger partial charge in [-0.3, -0.25) is 15.0 Å². The van der Waals surface area contributed by atoms with Crippen molar-refractivity contribution in [3.63, 3.8) is 0 Å². The van der Waals surface area contributed by atoms with E-state index in [-0.39, 0.29) is 18.4 Å². The number of hydrogen-bond acceptors (Lipinski definition) is 4. The number of ether oxygens (including phenoxy) is 1. The quantitative estimate of drug-likeness (QED) is 0.370. The third-order valence-electron chi connectivity index (χ3n) is 3.06. The second kappa shape index (κ2) is 6.58. The maximum atomic E-state index is 11.9. The molecule has 1 aliphatic rings. The summed E-state index contributed by atoms with van der Waals surface area (Å²) in [5, 5.41) is 0.551. The lowest BCUT2D eigenvalue weighted by atomic mass is 10.2. The van der Waals surface area contributed by atoms with Gasteiger partial charge in [-0.1, -0.05) is 11.6 Å². The predicted molar refractivity (Wildman–Crippen MR) is 75.5 cm³/mol. The topological polar surface area (TPSA) is 84.7 Å². The van der Waals surface area contributed by atoms with Crippen molar-refractivity contribution in [2.45, 2.75) is 19.3 Å². The number of hydrogen-bond donors (Lipinski definition) is 2. The third-order valence-corrected chi connectivity index (χ3v) is 3.30. The highest BCUT2D eigenvalue weighted by atomic mass is 35.5. The highest BCUT2D eigenvalue weighted by molar-refractivity contribution is 6.31. The Labute approximate surface area is 121 Å². The Bertz CT molecular complexity index is 522. The molecule has 1 aromatic rings. The van der Waals surface area contributed by atoms with E-state index in [9.17, 15) is 9.59 Å². The van der Waals surface area contributed by atoms with Crippen LogP contribution in [0.2, 0.25) is 5.02 Å². The van der Waals surface area contributed by atoms with Crippen LogP contribution >= 0.6 is 11.6 Å². The SMILES string of the molecule is NNC(=O)CCCCN1C(=O)COc2ccc(Cl)cc21. The highest BCUT2D eigenvalue weighted by Crippen LogP contribution is 2.34. The number of nitrogens with two attached hydrogens (primary N) is 1. The van der Waals surface area contributed by atoms with Gasteiger partial charge >= 0.3 is 0 Å². The number of carbonyl (C=O) groups is 2. The van der Waals surface area contributed by atoms with Crippen molar-refractivity contribution >= 4 is 29.1 Å². The van der Waals surface area contributed by atoms with Crippen molar-refractivity contribution in [1.82, 2.24) is 5.43 Å². The Morgan fingerprint density at radius 2 is 2.25 bits per heavy atom. The molecular formula is C13H16ClN3O3. The second-order valence-corrected chi connectivity index (χ2v) is 4.91. The molecule has 3 N–H and O–H groups in total. The molecule has 6 nitrogen and oxygen atoms in total. The molecule has 0 bridgehead atoms. The fraction of sp³-hybridized carbons (Fsp3) is 0.385. The normalized spacial score (nSPS) is 13.7. The molecule has 1 aromatic carbocycles. The molecule has 2 amide bonds. The summed E-state index contributed by atoms with van der Waals surface area (Å²) >= 11 is 5.95. The number of nitrogens with zero attached hydrogens (tertiary/aromatic N) is 1. The smallest absolute Gasteiger partial charge is 0.265 e. The number of halogens is 1. The molecule has 2 rings (SSSR count). The van der Waals surface area contributed by atoms with E-state index in [4.69, 9.17) is 22.2 Å². The van der Waals surface area contributed by atoms with Gasteiger partial charge in [0.15, 0.2) is 6.61 Å². The van der Waals surface area contributed by atoms with Crippen LogP contribution < -0.4 is 20.9 Å². The molecular weight excluding hydrogens is 282 g/mol. The molecule has 0 saturated carbocycles. The molecule has 0 unspecified atom stereocenters. The van der Waals surface area contributed by atoms with E-state index in [0.29, 0.717) is 42.3 Å². The van der Waals surface area contributed by atoms with Crippen LogP contribution in [0.3, 0.4) is 0 Å². The molecule has 7 heteroatoms. The lowest BCUT2D eigenvalue weighted by Gasteiger charge is -2.29. The lowest BCUT2D eigenvalue weighted by Crippen LogP contribution is -2.39. The minimum atomic E-state index is -0.207. The number of carbonyl (C=O) groups excluding carboxylic acids is 2. The van der Waals surface area contributed by atoms with Crippen LogP contribution in [0, 0.1) is 0 Å². The van der Waals surface area contributed by atoms with Crippen LogP contribution in [-0.2, 0) is 9.59 Å². The number of amides is 2. The molecule has 0 saturated heterocycles. The summed E-state index contributed by atoms with van der Waals surface area (Å²) in [6, 6.07) is 5.18. The van der Waals surface area contributed by atoms with E-state index in [1.807, 2.05) is 0 Å². The van der Waals surface area contributed by atoms with Gasteiger partial charge in [0.1, 0.15) is 5.75 Å². The van der Waals surface area contributed by atoms with Gasteiger partial charge < -0.3 is 9.64 Å². The maximum Gasteiger partial charge on any atom is 0.265 e. The van der Waals surface area contributed by atoms with Crippen molar-refractivity contribution in [3.05, 3.63) is 23.2 Å². The molecule has 0 aromatic heterocycles. The number of nitrogens with one attached hydrogen (secondary N) is 1. The Balaban J connectivity index is 1.99. The number of rotatable bonds is 5. The molecule has 1 heterocycles. The zero-order chi connectivity index (χ0) is 14.5. The average Bonchev–Trinajstić information content (AvgIpc) is 2.45. The first-order chi connectivity index (χ1) is 9.61. The average molecular weight is 298 g/mol. The largest absolute Gasteiger partial charge is 0.482 e. The van der Waals surface area contributed by atoms with Crippen LogP contribution in [0.15, 0.2) is 18.2 Å². The van der Waals surface area contributed by atoms with E-state index in [0.717, 1.165) is 0 Å². The van der Waals surface area contributed by atoms with E-state index in [2.05, 4.69) is 5.43 Å². The van der Waals surface area contributed by atoms with Crippen molar-refractivity contribution < 1.29 is 14.3 Å². The Morgan fingerprint density at radius 3 is 3.00 bits per heavy atom. The molecule has 0 spiro atoms. The van der Waals surface area contributed by atoms with Crippen LogP contribution in [0.5, 0.6) is 5.75 Å². The molecule has 108 valence electrons. The summed E-state index contributed by atoms with van der Waals surface area (Å²) in [7, 11) is 0. The third kappa shape index (κ3) is 3.40. The van der Waals surface area contributed by atoms with Crippen LogP contribution in [0.25, 0.3) is 0 Å². The highest BCUT2D eigenvalue weighted by Gasteiger charge is 2.25. The fourth-order valence-electron chi connectivity index (χ4n) is 2.05. The van der Waals surface area contributed by atoms with Gasteiger partial charge in [0, 0.05) is 18.0 Å². The minimum absolute atomic E-state index is 0.0257. The zero-order valence-corrected chi connectivity index (χ0v) is 11.7. The van der Waals surface area contributed by atoms with E-state index in [1.54, 1.807) is 23.1 Å². The van der Waals surface area contributed by atoms with Crippen LogP contribution in [0.1, 0.15) is 19.3 Å². The zero-order valence-electron chi connectivity index (χ0n) is 10.9. The van der Waals surface area contributed by atoms with Crippen LogP contribution in [0.4, 0.5) is 5.69 Å². The molecule has 0 atom stereocenters. The predicted octanol–water partition coefficient (Wildman–Crippen LogP) is 1.23. The first-order valence-corrected chi connectivity index (χ1v) is 6.72. The second-order valence-electron chi connectivity index (χ2n) is 4.47. The first-order valence-electron chi connectivity index (χ1n) is 6.34. The van der Waals surface area contributed by atoms with Crippen LogP contribution in [-0.4, -0.2) is 25.0 Å². The summed E-state index contributed by atoms with van der Waals surface area (Å²) in [6.07, 6.45) is 1.70. The van der Waals surface area contributed by atoms with Gasteiger partial charge in [-0.25, -0.2) is 5.84 Å². The van der Waals surface area contributed by atoms with Crippen molar-refractivity contribution in [2.75, 3.05) is 18.1 Å². The Hall–Kier alpha value is -1.79. The van der Waals surface area contributed by atoms with E-state index >= 15 is 0 Å². The summed E-state index contributed by atoms with van der Waals surface area (Å²) in [5.41, 5.74) is 2.76. The Kier molecular flexibility index (Phi) is 4.81. The molecule has 0 fully saturated rings. The lowest BCUT2D eigenvalue weighted by molar-refractivity contribution is -0.121. The summed E-state index contributed by atoms with van der Waals surface area (Å²) in [4.78, 5) is 24.6. The summed E-state index contributed by atoms with van der Waals surface area (Å²) in [6.45, 7) is 0.547. The van der Waals surface area contributed by atoms with Gasteiger partial charge in [0.25, 0.3) is 5.91 Å². The molecule has 0 radical (unpaired) electrons. The number of anilines is 1. The first kappa shape index (κ1) is 14.6.